The van der Waals surface area contributed by atoms with Crippen LogP contribution in [0, 0.1) is 0 Å². The predicted molar refractivity (Wildman–Crippen MR) is 103 cm³/mol. The number of piperidine rings is 1. The zero-order valence-electron chi connectivity index (χ0n) is 17.2. The first kappa shape index (κ1) is 21.9. The monoisotopic (exact) mass is 414 g/mol. The average molecular weight is 414 g/mol. The first-order valence-electron chi connectivity index (χ1n) is 10.2. The first-order chi connectivity index (χ1) is 13.7. The van der Waals surface area contributed by atoms with Crippen LogP contribution in [0.4, 0.5) is 13.2 Å². The molecular formula is C21H29F3N2O3. The molecule has 162 valence electrons. The van der Waals surface area contributed by atoms with Crippen LogP contribution >= 0.6 is 0 Å². The Bertz CT molecular complexity index is 716. The number of halogens is 3. The Morgan fingerprint density at radius 1 is 1.28 bits per heavy atom. The van der Waals surface area contributed by atoms with Gasteiger partial charge in [-0.25, -0.2) is 0 Å². The van der Waals surface area contributed by atoms with Crippen LogP contribution in [-0.4, -0.2) is 67.2 Å². The molecule has 0 radical (unpaired) electrons. The van der Waals surface area contributed by atoms with Crippen molar-refractivity contribution in [2.24, 2.45) is 0 Å². The van der Waals surface area contributed by atoms with Crippen LogP contribution in [0.3, 0.4) is 0 Å². The van der Waals surface area contributed by atoms with Gasteiger partial charge in [0, 0.05) is 31.7 Å². The molecule has 8 heteroatoms. The molecule has 3 rings (SSSR count). The topological polar surface area (TPSA) is 42.0 Å². The van der Waals surface area contributed by atoms with E-state index in [9.17, 15) is 18.0 Å². The summed E-state index contributed by atoms with van der Waals surface area (Å²) < 4.78 is 51.0. The highest BCUT2D eigenvalue weighted by atomic mass is 19.4. The summed E-state index contributed by atoms with van der Waals surface area (Å²) in [7, 11) is 1.18. The van der Waals surface area contributed by atoms with E-state index in [1.54, 1.807) is 4.90 Å². The standard InChI is InChI=1S/C21H29F3N2O3/c1-4-16-13-25(5-2)14-20(29-16)8-10-26(11-9-20)19(27)15-6-7-18(28-3)17(12-15)21(22,23)24/h6-7,12,16H,4-5,8-11,13-14H2,1-3H3. The van der Waals surface area contributed by atoms with Gasteiger partial charge in [0.2, 0.25) is 0 Å². The fourth-order valence-electron chi connectivity index (χ4n) is 4.28. The van der Waals surface area contributed by atoms with Crippen LogP contribution in [0.5, 0.6) is 5.75 Å². The number of likely N-dealkylation sites (N-methyl/N-ethyl adjacent to an activating group) is 1. The van der Waals surface area contributed by atoms with E-state index >= 15 is 0 Å². The van der Waals surface area contributed by atoms with Crippen molar-refractivity contribution in [1.29, 1.82) is 0 Å². The lowest BCUT2D eigenvalue weighted by atomic mass is 9.88. The Morgan fingerprint density at radius 2 is 1.97 bits per heavy atom. The summed E-state index contributed by atoms with van der Waals surface area (Å²) in [6.07, 6.45) is -2.08. The van der Waals surface area contributed by atoms with Crippen molar-refractivity contribution >= 4 is 5.91 Å². The second kappa shape index (κ2) is 8.52. The van der Waals surface area contributed by atoms with Crippen LogP contribution in [0.25, 0.3) is 0 Å². The van der Waals surface area contributed by atoms with Gasteiger partial charge in [0.15, 0.2) is 0 Å². The van der Waals surface area contributed by atoms with E-state index in [2.05, 4.69) is 18.7 Å². The Kier molecular flexibility index (Phi) is 6.43. The lowest BCUT2D eigenvalue weighted by Gasteiger charge is -2.50. The zero-order valence-corrected chi connectivity index (χ0v) is 17.2. The molecule has 1 amide bonds. The van der Waals surface area contributed by atoms with Crippen molar-refractivity contribution in [2.45, 2.75) is 51.0 Å². The third-order valence-electron chi connectivity index (χ3n) is 6.01. The SMILES string of the molecule is CCC1CN(CC)CC2(CCN(C(=O)c3ccc(OC)c(C(F)(F)F)c3)CC2)O1. The number of amides is 1. The Balaban J connectivity index is 1.72. The van der Waals surface area contributed by atoms with Crippen molar-refractivity contribution in [3.05, 3.63) is 29.3 Å². The maximum absolute atomic E-state index is 13.3. The maximum atomic E-state index is 13.3. The van der Waals surface area contributed by atoms with Gasteiger partial charge < -0.3 is 14.4 Å². The number of morpholine rings is 1. The minimum atomic E-state index is -4.58. The summed E-state index contributed by atoms with van der Waals surface area (Å²) in [5, 5.41) is 0. The van der Waals surface area contributed by atoms with E-state index in [-0.39, 0.29) is 28.9 Å². The molecule has 1 atom stereocenters. The van der Waals surface area contributed by atoms with E-state index in [1.165, 1.54) is 19.2 Å². The van der Waals surface area contributed by atoms with Gasteiger partial charge in [0.25, 0.3) is 5.91 Å². The van der Waals surface area contributed by atoms with E-state index in [1.807, 2.05) is 0 Å². The van der Waals surface area contributed by atoms with Crippen molar-refractivity contribution in [1.82, 2.24) is 9.80 Å². The maximum Gasteiger partial charge on any atom is 0.419 e. The molecule has 29 heavy (non-hydrogen) atoms. The molecule has 2 aliphatic rings. The molecule has 1 aromatic carbocycles. The summed E-state index contributed by atoms with van der Waals surface area (Å²) >= 11 is 0. The van der Waals surface area contributed by atoms with Gasteiger partial charge in [-0.2, -0.15) is 13.2 Å². The van der Waals surface area contributed by atoms with Gasteiger partial charge in [-0.15, -0.1) is 0 Å². The fraction of sp³-hybridized carbons (Fsp3) is 0.667. The lowest BCUT2D eigenvalue weighted by molar-refractivity contribution is -0.172. The van der Waals surface area contributed by atoms with Crippen LogP contribution in [-0.2, 0) is 10.9 Å². The highest BCUT2D eigenvalue weighted by Gasteiger charge is 2.43. The Hall–Kier alpha value is -1.80. The number of methoxy groups -OCH3 is 1. The highest BCUT2D eigenvalue weighted by Crippen LogP contribution is 2.38. The third-order valence-corrected chi connectivity index (χ3v) is 6.01. The number of rotatable bonds is 4. The van der Waals surface area contributed by atoms with E-state index < -0.39 is 11.7 Å². The first-order valence-corrected chi connectivity index (χ1v) is 10.2. The average Bonchev–Trinajstić information content (AvgIpc) is 2.72. The largest absolute Gasteiger partial charge is 0.496 e. The zero-order chi connectivity index (χ0) is 21.2. The van der Waals surface area contributed by atoms with Gasteiger partial charge in [0.05, 0.1) is 24.4 Å². The summed E-state index contributed by atoms with van der Waals surface area (Å²) in [6.45, 7) is 7.90. The quantitative estimate of drug-likeness (QED) is 0.751. The number of alkyl halides is 3. The van der Waals surface area contributed by atoms with Gasteiger partial charge in [-0.1, -0.05) is 13.8 Å². The van der Waals surface area contributed by atoms with Crippen LogP contribution in [0.1, 0.15) is 49.0 Å². The lowest BCUT2D eigenvalue weighted by Crippen LogP contribution is -2.59. The number of carbonyl (C=O) groups excluding carboxylic acids is 1. The van der Waals surface area contributed by atoms with Gasteiger partial charge >= 0.3 is 6.18 Å². The molecule has 1 spiro atoms. The molecule has 0 bridgehead atoms. The summed E-state index contributed by atoms with van der Waals surface area (Å²) in [5.41, 5.74) is -1.18. The number of nitrogens with zero attached hydrogens (tertiary/aromatic N) is 2. The smallest absolute Gasteiger partial charge is 0.419 e. The van der Waals surface area contributed by atoms with E-state index in [0.29, 0.717) is 25.9 Å². The van der Waals surface area contributed by atoms with Crippen molar-refractivity contribution in [3.63, 3.8) is 0 Å². The number of carbonyl (C=O) groups is 1. The molecule has 0 N–H and O–H groups in total. The number of ether oxygens (including phenoxy) is 2. The fourth-order valence-corrected chi connectivity index (χ4v) is 4.28. The molecule has 2 fully saturated rings. The molecule has 2 heterocycles. The molecular weight excluding hydrogens is 385 g/mol. The molecule has 1 aromatic rings. The van der Waals surface area contributed by atoms with Crippen LogP contribution in [0.2, 0.25) is 0 Å². The minimum absolute atomic E-state index is 0.0280. The van der Waals surface area contributed by atoms with Crippen molar-refractivity contribution in [3.8, 4) is 5.75 Å². The van der Waals surface area contributed by atoms with E-state index in [0.717, 1.165) is 32.1 Å². The Labute approximate surface area is 169 Å². The molecule has 0 saturated carbocycles. The number of likely N-dealkylation sites (tertiary alicyclic amines) is 1. The normalized spacial score (nSPS) is 22.7. The number of hydrogen-bond donors (Lipinski definition) is 0. The van der Waals surface area contributed by atoms with Crippen LogP contribution < -0.4 is 4.74 Å². The minimum Gasteiger partial charge on any atom is -0.496 e. The van der Waals surface area contributed by atoms with Gasteiger partial charge in [-0.05, 0) is 44.0 Å². The second-order valence-electron chi connectivity index (χ2n) is 7.86. The third kappa shape index (κ3) is 4.69. The van der Waals surface area contributed by atoms with Crippen molar-refractivity contribution in [2.75, 3.05) is 39.8 Å². The van der Waals surface area contributed by atoms with Gasteiger partial charge in [-0.3, -0.25) is 9.69 Å². The number of hydrogen-bond acceptors (Lipinski definition) is 4. The molecule has 2 aliphatic heterocycles. The van der Waals surface area contributed by atoms with Crippen molar-refractivity contribution < 1.29 is 27.4 Å². The molecule has 1 unspecified atom stereocenters. The summed E-state index contributed by atoms with van der Waals surface area (Å²) in [5.74, 6) is -0.671. The number of benzene rings is 1. The Morgan fingerprint density at radius 3 is 2.52 bits per heavy atom. The molecule has 2 saturated heterocycles. The molecule has 0 aromatic heterocycles. The molecule has 5 nitrogen and oxygen atoms in total. The summed E-state index contributed by atoms with van der Waals surface area (Å²) in [4.78, 5) is 16.9. The second-order valence-corrected chi connectivity index (χ2v) is 7.86. The highest BCUT2D eigenvalue weighted by molar-refractivity contribution is 5.94. The van der Waals surface area contributed by atoms with Crippen LogP contribution in [0.15, 0.2) is 18.2 Å². The predicted octanol–water partition coefficient (Wildman–Crippen LogP) is 3.82. The molecule has 0 aliphatic carbocycles. The van der Waals surface area contributed by atoms with Gasteiger partial charge in [0.1, 0.15) is 5.75 Å². The summed E-state index contributed by atoms with van der Waals surface area (Å²) in [6, 6.07) is 3.48. The van der Waals surface area contributed by atoms with E-state index in [4.69, 9.17) is 9.47 Å².